The Kier molecular flexibility index (Phi) is 2.76. The molecule has 0 bridgehead atoms. The van der Waals surface area contributed by atoms with Crippen LogP contribution in [0.15, 0.2) is 16.7 Å². The number of hydrogen-bond acceptors (Lipinski definition) is 4. The third kappa shape index (κ3) is 2.42. The van der Waals surface area contributed by atoms with E-state index >= 15 is 0 Å². The highest BCUT2D eigenvalue weighted by atomic mass is 32.1. The van der Waals surface area contributed by atoms with Crippen molar-refractivity contribution < 1.29 is 4.42 Å². The van der Waals surface area contributed by atoms with E-state index in [1.807, 2.05) is 0 Å². The Morgan fingerprint density at radius 1 is 1.47 bits per heavy atom. The Balaban J connectivity index is 1.74. The van der Waals surface area contributed by atoms with E-state index in [0.29, 0.717) is 6.04 Å². The quantitative estimate of drug-likeness (QED) is 0.902. The number of aryl methyl sites for hydroxylation is 2. The van der Waals surface area contributed by atoms with Gasteiger partial charge in [-0.1, -0.05) is 0 Å². The molecular formula is C13H16N2OS. The predicted molar refractivity (Wildman–Crippen MR) is 69.2 cm³/mol. The Morgan fingerprint density at radius 3 is 2.94 bits per heavy atom. The molecule has 0 spiro atoms. The Morgan fingerprint density at radius 2 is 2.29 bits per heavy atom. The van der Waals surface area contributed by atoms with Gasteiger partial charge in [-0.15, -0.1) is 11.3 Å². The smallest absolute Gasteiger partial charge is 0.236 e. The molecule has 0 unspecified atom stereocenters. The number of rotatable bonds is 4. The second kappa shape index (κ2) is 4.27. The lowest BCUT2D eigenvalue weighted by atomic mass is 10.3. The number of hydrogen-bond donors (Lipinski definition) is 1. The lowest BCUT2D eigenvalue weighted by Crippen LogP contribution is -2.15. The molecule has 3 nitrogen and oxygen atoms in total. The van der Waals surface area contributed by atoms with Gasteiger partial charge in [0.25, 0.3) is 0 Å². The van der Waals surface area contributed by atoms with Crippen molar-refractivity contribution in [3.63, 3.8) is 0 Å². The molecule has 1 aliphatic rings. The van der Waals surface area contributed by atoms with Gasteiger partial charge in [-0.3, -0.25) is 0 Å². The first-order valence-electron chi connectivity index (χ1n) is 5.97. The van der Waals surface area contributed by atoms with Crippen molar-refractivity contribution >= 4 is 11.3 Å². The topological polar surface area (TPSA) is 38.1 Å². The molecule has 0 aliphatic heterocycles. The molecule has 1 N–H and O–H groups in total. The highest BCUT2D eigenvalue weighted by molar-refractivity contribution is 7.15. The standard InChI is InChI=1S/C13H16N2OS/c1-8-5-12(17-9(8)2)13-15-11(7-16-13)6-14-10-3-4-10/h5,7,10,14H,3-4,6H2,1-2H3. The number of nitrogens with one attached hydrogen (secondary N) is 1. The number of nitrogens with zero attached hydrogens (tertiary/aromatic N) is 1. The molecule has 0 aromatic carbocycles. The van der Waals surface area contributed by atoms with Crippen LogP contribution in [-0.4, -0.2) is 11.0 Å². The summed E-state index contributed by atoms with van der Waals surface area (Å²) in [6.45, 7) is 5.06. The van der Waals surface area contributed by atoms with Gasteiger partial charge in [-0.25, -0.2) is 4.98 Å². The summed E-state index contributed by atoms with van der Waals surface area (Å²) in [5, 5.41) is 3.44. The number of oxazole rings is 1. The summed E-state index contributed by atoms with van der Waals surface area (Å²) in [6.07, 6.45) is 4.36. The van der Waals surface area contributed by atoms with Crippen LogP contribution in [0, 0.1) is 13.8 Å². The summed E-state index contributed by atoms with van der Waals surface area (Å²) in [4.78, 5) is 6.97. The van der Waals surface area contributed by atoms with Gasteiger partial charge in [0.2, 0.25) is 5.89 Å². The molecule has 0 amide bonds. The largest absolute Gasteiger partial charge is 0.444 e. The molecule has 90 valence electrons. The molecule has 17 heavy (non-hydrogen) atoms. The van der Waals surface area contributed by atoms with E-state index in [4.69, 9.17) is 4.42 Å². The summed E-state index contributed by atoms with van der Waals surface area (Å²) >= 11 is 1.74. The molecule has 1 fully saturated rings. The van der Waals surface area contributed by atoms with E-state index < -0.39 is 0 Å². The first-order valence-corrected chi connectivity index (χ1v) is 6.79. The second-order valence-corrected chi connectivity index (χ2v) is 5.91. The van der Waals surface area contributed by atoms with E-state index in [1.165, 1.54) is 23.3 Å². The Labute approximate surface area is 105 Å². The molecule has 2 heterocycles. The van der Waals surface area contributed by atoms with Gasteiger partial charge in [0.1, 0.15) is 6.26 Å². The number of aromatic nitrogens is 1. The summed E-state index contributed by atoms with van der Waals surface area (Å²) in [5.74, 6) is 0.749. The molecular weight excluding hydrogens is 232 g/mol. The zero-order valence-electron chi connectivity index (χ0n) is 10.1. The highest BCUT2D eigenvalue weighted by Crippen LogP contribution is 2.30. The fraction of sp³-hybridized carbons (Fsp3) is 0.462. The van der Waals surface area contributed by atoms with Crippen LogP contribution in [0.25, 0.3) is 10.8 Å². The molecule has 0 saturated heterocycles. The zero-order chi connectivity index (χ0) is 11.8. The molecule has 2 aromatic heterocycles. The Hall–Kier alpha value is -1.13. The van der Waals surface area contributed by atoms with E-state index in [-0.39, 0.29) is 0 Å². The third-order valence-corrected chi connectivity index (χ3v) is 4.22. The monoisotopic (exact) mass is 248 g/mol. The van der Waals surface area contributed by atoms with Crippen LogP contribution >= 0.6 is 11.3 Å². The van der Waals surface area contributed by atoms with Crippen molar-refractivity contribution in [2.75, 3.05) is 0 Å². The van der Waals surface area contributed by atoms with Gasteiger partial charge >= 0.3 is 0 Å². The van der Waals surface area contributed by atoms with Gasteiger partial charge in [0, 0.05) is 17.5 Å². The van der Waals surface area contributed by atoms with Gasteiger partial charge in [-0.2, -0.15) is 0 Å². The number of thiophene rings is 1. The van der Waals surface area contributed by atoms with Crippen molar-refractivity contribution in [2.45, 2.75) is 39.3 Å². The third-order valence-electron chi connectivity index (χ3n) is 3.08. The summed E-state index contributed by atoms with van der Waals surface area (Å²) < 4.78 is 5.53. The second-order valence-electron chi connectivity index (χ2n) is 4.65. The van der Waals surface area contributed by atoms with E-state index in [0.717, 1.165) is 23.0 Å². The van der Waals surface area contributed by atoms with E-state index in [2.05, 4.69) is 30.2 Å². The lowest BCUT2D eigenvalue weighted by Gasteiger charge is -1.95. The minimum atomic E-state index is 0.710. The molecule has 2 aromatic rings. The highest BCUT2D eigenvalue weighted by Gasteiger charge is 2.20. The van der Waals surface area contributed by atoms with Crippen LogP contribution < -0.4 is 5.32 Å². The van der Waals surface area contributed by atoms with Crippen LogP contribution in [0.5, 0.6) is 0 Å². The van der Waals surface area contributed by atoms with Gasteiger partial charge in [0.15, 0.2) is 0 Å². The van der Waals surface area contributed by atoms with Crippen molar-refractivity contribution in [3.05, 3.63) is 28.5 Å². The van der Waals surface area contributed by atoms with Crippen molar-refractivity contribution in [2.24, 2.45) is 0 Å². The minimum absolute atomic E-state index is 0.710. The van der Waals surface area contributed by atoms with Crippen LogP contribution in [0.4, 0.5) is 0 Å². The lowest BCUT2D eigenvalue weighted by molar-refractivity contribution is 0.571. The van der Waals surface area contributed by atoms with Crippen LogP contribution in [0.1, 0.15) is 29.0 Å². The Bertz CT molecular complexity index is 506. The van der Waals surface area contributed by atoms with Crippen LogP contribution in [-0.2, 0) is 6.54 Å². The fourth-order valence-corrected chi connectivity index (χ4v) is 2.68. The van der Waals surface area contributed by atoms with Gasteiger partial charge in [0.05, 0.1) is 10.6 Å². The predicted octanol–water partition coefficient (Wildman–Crippen LogP) is 3.27. The summed E-state index contributed by atoms with van der Waals surface area (Å²) in [5.41, 5.74) is 2.30. The van der Waals surface area contributed by atoms with Crippen LogP contribution in [0.3, 0.4) is 0 Å². The normalized spacial score (nSPS) is 15.4. The maximum atomic E-state index is 5.53. The summed E-state index contributed by atoms with van der Waals surface area (Å²) in [6, 6.07) is 2.85. The average Bonchev–Trinajstić information content (AvgIpc) is 2.92. The molecule has 0 atom stereocenters. The van der Waals surface area contributed by atoms with Gasteiger partial charge in [-0.05, 0) is 38.3 Å². The fourth-order valence-electron chi connectivity index (χ4n) is 1.72. The molecule has 4 heteroatoms. The zero-order valence-corrected chi connectivity index (χ0v) is 10.9. The van der Waals surface area contributed by atoms with Gasteiger partial charge < -0.3 is 9.73 Å². The first-order chi connectivity index (χ1) is 8.22. The maximum Gasteiger partial charge on any atom is 0.236 e. The molecule has 1 saturated carbocycles. The SMILES string of the molecule is Cc1cc(-c2nc(CNC3CC3)co2)sc1C. The van der Waals surface area contributed by atoms with Crippen molar-refractivity contribution in [3.8, 4) is 10.8 Å². The first kappa shape index (κ1) is 11.0. The maximum absolute atomic E-state index is 5.53. The van der Waals surface area contributed by atoms with E-state index in [9.17, 15) is 0 Å². The molecule has 3 rings (SSSR count). The summed E-state index contributed by atoms with van der Waals surface area (Å²) in [7, 11) is 0. The molecule has 0 radical (unpaired) electrons. The minimum Gasteiger partial charge on any atom is -0.444 e. The van der Waals surface area contributed by atoms with Crippen LogP contribution in [0.2, 0.25) is 0 Å². The average molecular weight is 248 g/mol. The van der Waals surface area contributed by atoms with Crippen molar-refractivity contribution in [1.29, 1.82) is 0 Å². The molecule has 1 aliphatic carbocycles. The van der Waals surface area contributed by atoms with Crippen molar-refractivity contribution in [1.82, 2.24) is 10.3 Å². The van der Waals surface area contributed by atoms with E-state index in [1.54, 1.807) is 17.6 Å².